The Morgan fingerprint density at radius 3 is 2.62 bits per heavy atom. The Labute approximate surface area is 177 Å². The number of aromatic nitrogens is 3. The Bertz CT molecular complexity index is 1040. The van der Waals surface area contributed by atoms with Crippen molar-refractivity contribution >= 4 is 36.9 Å². The Balaban J connectivity index is 2.08. The van der Waals surface area contributed by atoms with Crippen molar-refractivity contribution in [1.29, 1.82) is 0 Å². The fourth-order valence-corrected chi connectivity index (χ4v) is 5.00. The molecular weight excluding hydrogens is 443 g/mol. The lowest BCUT2D eigenvalue weighted by molar-refractivity contribution is 0.228. The van der Waals surface area contributed by atoms with Gasteiger partial charge in [0.05, 0.1) is 18.2 Å². The monoisotopic (exact) mass is 463 g/mol. The van der Waals surface area contributed by atoms with E-state index in [0.717, 1.165) is 23.6 Å². The summed E-state index contributed by atoms with van der Waals surface area (Å²) in [6.07, 6.45) is 3.74. The molecule has 1 aromatic carbocycles. The molecule has 2 heterocycles. The zero-order valence-electron chi connectivity index (χ0n) is 16.0. The summed E-state index contributed by atoms with van der Waals surface area (Å²) in [5.41, 5.74) is -0.235. The number of nitrogens with zero attached hydrogens (tertiary/aromatic N) is 3. The summed E-state index contributed by atoms with van der Waals surface area (Å²) < 4.78 is 40.2. The van der Waals surface area contributed by atoms with E-state index in [1.807, 2.05) is 0 Å². The van der Waals surface area contributed by atoms with Gasteiger partial charge in [-0.25, -0.2) is 9.18 Å². The molecule has 0 saturated carbocycles. The summed E-state index contributed by atoms with van der Waals surface area (Å²) in [5.74, 6) is -0.0958. The Morgan fingerprint density at radius 2 is 2.00 bits per heavy atom. The summed E-state index contributed by atoms with van der Waals surface area (Å²) >= 11 is 12.4. The molecule has 11 heteroatoms. The van der Waals surface area contributed by atoms with Crippen LogP contribution in [-0.4, -0.2) is 27.6 Å². The number of hydrogen-bond acceptors (Lipinski definition) is 5. The summed E-state index contributed by atoms with van der Waals surface area (Å²) in [6, 6.07) is 2.40. The lowest BCUT2D eigenvalue weighted by atomic mass is 10.2. The number of rotatable bonds is 7. The molecule has 0 radical (unpaired) electrons. The predicted octanol–water partition coefficient (Wildman–Crippen LogP) is 4.97. The molecule has 1 aliphatic heterocycles. The lowest BCUT2D eigenvalue weighted by Gasteiger charge is -2.16. The first-order valence-electron chi connectivity index (χ1n) is 9.25. The predicted molar refractivity (Wildman–Crippen MR) is 110 cm³/mol. The molecule has 0 amide bonds. The van der Waals surface area contributed by atoms with Crippen LogP contribution in [0.2, 0.25) is 5.02 Å². The van der Waals surface area contributed by atoms with Crippen molar-refractivity contribution in [3.05, 3.63) is 49.6 Å². The molecule has 7 nitrogen and oxygen atoms in total. The molecule has 2 aromatic rings. The van der Waals surface area contributed by atoms with Crippen molar-refractivity contribution in [2.75, 3.05) is 13.2 Å². The molecular formula is C18H21Cl2FN3O4P. The zero-order chi connectivity index (χ0) is 21.2. The van der Waals surface area contributed by atoms with Crippen LogP contribution in [0.3, 0.4) is 0 Å². The maximum absolute atomic E-state index is 14.6. The largest absolute Gasteiger partial charge is 0.372 e. The van der Waals surface area contributed by atoms with Gasteiger partial charge in [0, 0.05) is 13.0 Å². The minimum Gasteiger partial charge on any atom is -0.305 e. The normalized spacial score (nSPS) is 14.9. The van der Waals surface area contributed by atoms with Gasteiger partial charge < -0.3 is 9.05 Å². The van der Waals surface area contributed by atoms with Crippen molar-refractivity contribution in [2.45, 2.75) is 39.7 Å². The van der Waals surface area contributed by atoms with Crippen LogP contribution in [0.5, 0.6) is 0 Å². The molecule has 0 saturated heterocycles. The average Bonchev–Trinajstić information content (AvgIpc) is 3.01. The smallest absolute Gasteiger partial charge is 0.305 e. The fourth-order valence-electron chi connectivity index (χ4n) is 3.09. The van der Waals surface area contributed by atoms with Crippen LogP contribution >= 0.6 is 30.8 Å². The molecule has 0 unspecified atom stereocenters. The quantitative estimate of drug-likeness (QED) is 0.542. The topological polar surface area (TPSA) is 75.3 Å². The van der Waals surface area contributed by atoms with E-state index in [2.05, 4.69) is 5.10 Å². The summed E-state index contributed by atoms with van der Waals surface area (Å²) in [6.45, 7) is 4.12. The van der Waals surface area contributed by atoms with Gasteiger partial charge in [0.15, 0.2) is 5.82 Å². The highest BCUT2D eigenvalue weighted by Crippen LogP contribution is 2.58. The maximum Gasteiger partial charge on any atom is 0.372 e. The van der Waals surface area contributed by atoms with Gasteiger partial charge >= 0.3 is 13.3 Å². The second kappa shape index (κ2) is 9.14. The van der Waals surface area contributed by atoms with Crippen molar-refractivity contribution in [3.8, 4) is 5.69 Å². The minimum atomic E-state index is -3.72. The fraction of sp³-hybridized carbons (Fsp3) is 0.444. The molecule has 29 heavy (non-hydrogen) atoms. The lowest BCUT2D eigenvalue weighted by Crippen LogP contribution is -2.26. The Kier molecular flexibility index (Phi) is 7.02. The van der Waals surface area contributed by atoms with Crippen molar-refractivity contribution < 1.29 is 18.0 Å². The Morgan fingerprint density at radius 1 is 1.31 bits per heavy atom. The first-order chi connectivity index (χ1) is 13.8. The molecule has 3 rings (SSSR count). The zero-order valence-corrected chi connectivity index (χ0v) is 18.4. The molecule has 0 atom stereocenters. The highest BCUT2D eigenvalue weighted by Gasteiger charge is 2.29. The first-order valence-corrected chi connectivity index (χ1v) is 11.6. The highest BCUT2D eigenvalue weighted by atomic mass is 35.5. The van der Waals surface area contributed by atoms with Gasteiger partial charge in [-0.15, -0.1) is 5.10 Å². The number of hydrogen-bond donors (Lipinski definition) is 0. The number of benzene rings is 1. The van der Waals surface area contributed by atoms with Gasteiger partial charge in [-0.3, -0.25) is 9.13 Å². The van der Waals surface area contributed by atoms with Gasteiger partial charge in [-0.05, 0) is 50.5 Å². The van der Waals surface area contributed by atoms with E-state index >= 15 is 0 Å². The van der Waals surface area contributed by atoms with Crippen molar-refractivity contribution in [2.24, 2.45) is 0 Å². The van der Waals surface area contributed by atoms with E-state index < -0.39 is 19.1 Å². The van der Waals surface area contributed by atoms with Crippen molar-refractivity contribution in [1.82, 2.24) is 14.3 Å². The van der Waals surface area contributed by atoms with Crippen molar-refractivity contribution in [3.63, 3.8) is 0 Å². The first kappa shape index (κ1) is 22.2. The minimum absolute atomic E-state index is 0.0287. The van der Waals surface area contributed by atoms with Crippen LogP contribution < -0.4 is 5.69 Å². The molecule has 0 aliphatic carbocycles. The van der Waals surface area contributed by atoms with Crippen LogP contribution in [0.4, 0.5) is 4.39 Å². The highest BCUT2D eigenvalue weighted by molar-refractivity contribution is 7.61. The van der Waals surface area contributed by atoms with Gasteiger partial charge in [0.2, 0.25) is 0 Å². The third-order valence-corrected chi connectivity index (χ3v) is 7.31. The van der Waals surface area contributed by atoms with E-state index in [4.69, 9.17) is 32.2 Å². The van der Waals surface area contributed by atoms with Gasteiger partial charge in [-0.1, -0.05) is 23.2 Å². The van der Waals surface area contributed by atoms with Gasteiger partial charge in [-0.2, -0.15) is 4.68 Å². The number of aryl methyl sites for hydroxylation is 1. The summed E-state index contributed by atoms with van der Waals surface area (Å²) in [7, 11) is -3.72. The molecule has 158 valence electrons. The molecule has 0 N–H and O–H groups in total. The van der Waals surface area contributed by atoms with Crippen LogP contribution in [-0.2, 0) is 26.6 Å². The van der Waals surface area contributed by atoms with Crippen LogP contribution in [0, 0.1) is 5.82 Å². The van der Waals surface area contributed by atoms with E-state index in [-0.39, 0.29) is 34.3 Å². The van der Waals surface area contributed by atoms with E-state index in [1.165, 1.54) is 12.1 Å². The van der Waals surface area contributed by atoms with E-state index in [0.29, 0.717) is 18.8 Å². The SMILES string of the molecule is CCOP(=O)(OCC)C(Cl)=Cc1cc(-n2nc3n(c2=O)CCCC3)c(F)cc1Cl. The van der Waals surface area contributed by atoms with Gasteiger partial charge in [0.1, 0.15) is 16.3 Å². The average molecular weight is 464 g/mol. The number of halogens is 3. The van der Waals surface area contributed by atoms with Crippen LogP contribution in [0.25, 0.3) is 11.8 Å². The second-order valence-electron chi connectivity index (χ2n) is 6.34. The third kappa shape index (κ3) is 4.52. The molecule has 0 spiro atoms. The second-order valence-corrected chi connectivity index (χ2v) is 9.42. The maximum atomic E-state index is 14.6. The number of fused-ring (bicyclic) bond motifs is 1. The summed E-state index contributed by atoms with van der Waals surface area (Å²) in [5, 5.41) is 4.29. The third-order valence-electron chi connectivity index (χ3n) is 4.40. The van der Waals surface area contributed by atoms with Crippen LogP contribution in [0.15, 0.2) is 21.7 Å². The van der Waals surface area contributed by atoms with E-state index in [9.17, 15) is 13.8 Å². The molecule has 1 aromatic heterocycles. The van der Waals surface area contributed by atoms with Gasteiger partial charge in [0.25, 0.3) is 0 Å². The summed E-state index contributed by atoms with van der Waals surface area (Å²) in [4.78, 5) is 12.7. The molecule has 1 aliphatic rings. The van der Waals surface area contributed by atoms with E-state index in [1.54, 1.807) is 18.4 Å². The standard InChI is InChI=1S/C18H21Cl2FN3O4P/c1-3-27-29(26,28-4-2)16(20)10-12-9-15(14(21)11-13(12)19)24-18(25)23-8-6-5-7-17(23)22-24/h9-11H,3-8H2,1-2H3. The molecule has 0 bridgehead atoms. The molecule has 0 fully saturated rings. The van der Waals surface area contributed by atoms with Crippen LogP contribution in [0.1, 0.15) is 38.1 Å². The Hall–Kier alpha value is -1.44.